The molecule has 0 aromatic carbocycles. The number of nitrogens with one attached hydrogen (secondary N) is 6. The maximum atomic E-state index is 14.4. The second-order valence-corrected chi connectivity index (χ2v) is 35.8. The van der Waals surface area contributed by atoms with Crippen LogP contribution in [0, 0.1) is 35.5 Å². The molecule has 6 heterocycles. The zero-order valence-corrected chi connectivity index (χ0v) is 76.5. The van der Waals surface area contributed by atoms with Crippen LogP contribution in [0.15, 0.2) is 12.4 Å². The number of aromatic nitrogens is 6. The third-order valence-corrected chi connectivity index (χ3v) is 25.9. The number of nitrogens with zero attached hydrogens (tertiary/aromatic N) is 6. The van der Waals surface area contributed by atoms with E-state index < -0.39 is 245 Å². The van der Waals surface area contributed by atoms with Gasteiger partial charge in [0.1, 0.15) is 110 Å². The van der Waals surface area contributed by atoms with E-state index in [2.05, 4.69) is 52.5 Å². The number of aliphatic carboxylic acids is 2. The molecule has 2 aromatic heterocycles. The molecule has 756 valence electrons. The Morgan fingerprint density at radius 1 is 0.436 bits per heavy atom. The lowest BCUT2D eigenvalue weighted by Crippen LogP contribution is -2.67. The van der Waals surface area contributed by atoms with E-state index in [1.165, 1.54) is 49.5 Å². The summed E-state index contributed by atoms with van der Waals surface area (Å²) in [6.07, 6.45) is -22.9. The van der Waals surface area contributed by atoms with Gasteiger partial charge >= 0.3 is 11.9 Å². The van der Waals surface area contributed by atoms with Crippen LogP contribution < -0.4 is 31.9 Å². The maximum absolute atomic E-state index is 14.4. The summed E-state index contributed by atoms with van der Waals surface area (Å²) in [5.41, 5.74) is 0.653. The van der Waals surface area contributed by atoms with Gasteiger partial charge < -0.3 is 164 Å². The van der Waals surface area contributed by atoms with Crippen LogP contribution >= 0.6 is 0 Å². The lowest BCUT2D eigenvalue weighted by atomic mass is 9.75. The smallest absolute Gasteiger partial charge is 0.332 e. The normalized spacial score (nSPS) is 33.4. The molecule has 133 heavy (non-hydrogen) atoms. The van der Waals surface area contributed by atoms with Crippen molar-refractivity contribution in [3.63, 3.8) is 0 Å². The third-order valence-electron chi connectivity index (χ3n) is 25.9. The van der Waals surface area contributed by atoms with Gasteiger partial charge in [-0.05, 0) is 76.0 Å². The number of amides is 6. The standard InChI is InChI=1S/C86H142N12O35/c1-7-51-33-53(79(113)89-21-19-87-47(5)101)35-57(75(51)132-85-73(111)71(109)67(105)45(3)124-85)128-83-65(77(69(107)61(41-99)130-83)126-59(81(115)116)31-49-15-11-9-12-16-49)91-63(103)39-97-37-55(93-95-97)43-122-29-27-120-25-23-119-24-26-121-28-30-123-44-56-38-98(96-94-56)40-64(104)92-66-78(127-60(82(117)118)32-50-17-13-10-14-18-50)70(108)62(42-100)131-84(66)129-58-36-54(80(114)90-22-20-88-48(6)102)34-52(8-2)76(58)133-86-74(112)72(110)68(106)46(4)125-86/h37-38,45-46,49-54,57-62,65-78,83-86,99-100,105-112H,7-36,39-44H2,1-6H3,(H,87,101)(H,88,102)(H,89,113)(H,90,114)(H,91,103)(H,92,104)(H,115,116)(H,117,118)/t45?,46?,51?,52?,53?,54?,57-,58-,59+,60+,61?,62?,65?,66?,67-,68-,69+,70+,71?,72?,73?,74?,75?,76?,77?,78?,83-,84-,85+,86+/m1/s1. The fourth-order valence-corrected chi connectivity index (χ4v) is 18.7. The maximum Gasteiger partial charge on any atom is 0.332 e. The SMILES string of the molecule is CCC1CC(C(=O)NCCNC(C)=O)C[C@@H](O[C@@H]2OC(CO)[C@H](O)C(O[C@@H](CC3CCCCC3)C(=O)O)C2NC(=O)Cn2cc(COCCOCCOCCOCCOCc3cn(CC(=O)NC4C(O[C@@H](CC5CCCCC5)C(=O)O)[C@@H](O)C(CO)O[C@H]4O[C@@H]4CC(C(=O)NCCNC(C)=O)CC(CC)C4O[C@@H]4OC(C)[C@@H](O)C(O)C4O)nn3)nn2)C1O[C@@H]1OC(C)[C@@H](O)C(O)C1O. The van der Waals surface area contributed by atoms with Crippen LogP contribution in [0.1, 0.15) is 169 Å². The molecule has 0 spiro atoms. The minimum Gasteiger partial charge on any atom is -0.479 e. The number of aliphatic hydroxyl groups excluding tert-OH is 10. The van der Waals surface area contributed by atoms with Gasteiger partial charge in [-0.1, -0.05) is 101 Å². The monoisotopic (exact) mass is 1900 g/mol. The van der Waals surface area contributed by atoms with Crippen molar-refractivity contribution in [2.75, 3.05) is 92.2 Å². The summed E-state index contributed by atoms with van der Waals surface area (Å²) in [6.45, 7) is 8.45. The molecule has 4 saturated carbocycles. The van der Waals surface area contributed by atoms with E-state index in [0.717, 1.165) is 64.2 Å². The van der Waals surface area contributed by atoms with Gasteiger partial charge in [-0.15, -0.1) is 10.2 Å². The van der Waals surface area contributed by atoms with Crippen molar-refractivity contribution in [3.05, 3.63) is 23.8 Å². The van der Waals surface area contributed by atoms with Crippen molar-refractivity contribution in [1.82, 2.24) is 61.9 Å². The molecule has 0 bridgehead atoms. The summed E-state index contributed by atoms with van der Waals surface area (Å²) in [7, 11) is 0. The average molecular weight is 1900 g/mol. The summed E-state index contributed by atoms with van der Waals surface area (Å²) in [6, 6.07) is -3.08. The van der Waals surface area contributed by atoms with Gasteiger partial charge in [0, 0.05) is 51.9 Å². The zero-order valence-electron chi connectivity index (χ0n) is 76.5. The summed E-state index contributed by atoms with van der Waals surface area (Å²) < 4.78 is 94.7. The van der Waals surface area contributed by atoms with Crippen LogP contribution in [-0.4, -0.2) is 390 Å². The lowest BCUT2D eigenvalue weighted by Gasteiger charge is -2.49. The van der Waals surface area contributed by atoms with Gasteiger partial charge in [0.05, 0.1) is 128 Å². The number of hydrogen-bond donors (Lipinski definition) is 18. The second kappa shape index (κ2) is 54.4. The number of aliphatic hydroxyl groups is 10. The Morgan fingerprint density at radius 2 is 0.789 bits per heavy atom. The molecule has 2 aromatic rings. The third kappa shape index (κ3) is 32.0. The first-order chi connectivity index (χ1) is 63.8. The summed E-state index contributed by atoms with van der Waals surface area (Å²) in [5.74, 6) is -8.26. The van der Waals surface area contributed by atoms with Gasteiger partial charge in [-0.3, -0.25) is 28.8 Å². The molecular weight excluding hydrogens is 1760 g/mol. The van der Waals surface area contributed by atoms with Crippen LogP contribution in [0.3, 0.4) is 0 Å². The van der Waals surface area contributed by atoms with E-state index in [9.17, 15) is 99.6 Å². The molecular formula is C86H142N12O35. The first-order valence-corrected chi connectivity index (χ1v) is 46.8. The predicted octanol–water partition coefficient (Wildman–Crippen LogP) is -4.03. The van der Waals surface area contributed by atoms with E-state index in [-0.39, 0.29) is 154 Å². The number of carbonyl (C=O) groups excluding carboxylic acids is 6. The highest BCUT2D eigenvalue weighted by Crippen LogP contribution is 2.43. The van der Waals surface area contributed by atoms with Gasteiger partial charge in [-0.2, -0.15) is 0 Å². The highest BCUT2D eigenvalue weighted by molar-refractivity contribution is 5.80. The molecule has 18 N–H and O–H groups in total. The van der Waals surface area contributed by atoms with Crippen molar-refractivity contribution in [1.29, 1.82) is 0 Å². The predicted molar refractivity (Wildman–Crippen MR) is 455 cm³/mol. The van der Waals surface area contributed by atoms with E-state index >= 15 is 0 Å². The van der Waals surface area contributed by atoms with Crippen LogP contribution in [-0.2, 0) is 136 Å². The van der Waals surface area contributed by atoms with Crippen LogP contribution in [0.25, 0.3) is 0 Å². The number of hydrogen-bond acceptors (Lipinski definition) is 37. The lowest BCUT2D eigenvalue weighted by molar-refractivity contribution is -0.338. The fraction of sp³-hybridized carbons (Fsp3) is 0.860. The molecule has 0 radical (unpaired) electrons. The average Bonchev–Trinajstić information content (AvgIpc) is 1.21. The van der Waals surface area contributed by atoms with Crippen molar-refractivity contribution in [2.45, 2.75) is 343 Å². The van der Waals surface area contributed by atoms with Gasteiger partial charge in [0.2, 0.25) is 35.4 Å². The van der Waals surface area contributed by atoms with Gasteiger partial charge in [-0.25, -0.2) is 19.0 Å². The number of rotatable bonds is 52. The Morgan fingerprint density at radius 3 is 1.13 bits per heavy atom. The fourth-order valence-electron chi connectivity index (χ4n) is 18.7. The quantitative estimate of drug-likeness (QED) is 0.0281. The van der Waals surface area contributed by atoms with Crippen molar-refractivity contribution >= 4 is 47.4 Å². The zero-order chi connectivity index (χ0) is 96.0. The Kier molecular flexibility index (Phi) is 44.2. The summed E-state index contributed by atoms with van der Waals surface area (Å²) in [5, 5.41) is 165. The molecule has 47 nitrogen and oxygen atoms in total. The van der Waals surface area contributed by atoms with Gasteiger partial charge in [0.15, 0.2) is 37.4 Å². The Labute approximate surface area is 771 Å². The molecule has 6 amide bonds. The Hall–Kier alpha value is -6.96. The van der Waals surface area contributed by atoms with Crippen molar-refractivity contribution in [2.24, 2.45) is 35.5 Å². The van der Waals surface area contributed by atoms with Crippen LogP contribution in [0.5, 0.6) is 0 Å². The van der Waals surface area contributed by atoms with Crippen LogP contribution in [0.4, 0.5) is 0 Å². The number of ether oxygens (including phenoxy) is 15. The highest BCUT2D eigenvalue weighted by atomic mass is 16.8. The minimum absolute atomic E-state index is 0.0343. The molecule has 30 atom stereocenters. The summed E-state index contributed by atoms with van der Waals surface area (Å²) in [4.78, 5) is 106. The molecule has 4 saturated heterocycles. The van der Waals surface area contributed by atoms with Crippen molar-refractivity contribution < 1.29 is 171 Å². The second-order valence-electron chi connectivity index (χ2n) is 35.8. The highest BCUT2D eigenvalue weighted by Gasteiger charge is 2.57. The molecule has 4 aliphatic heterocycles. The van der Waals surface area contributed by atoms with E-state index in [0.29, 0.717) is 24.2 Å². The largest absolute Gasteiger partial charge is 0.479 e. The Balaban J connectivity index is 0.684. The minimum atomic E-state index is -1.75. The molecule has 10 rings (SSSR count). The van der Waals surface area contributed by atoms with E-state index in [1.54, 1.807) is 0 Å². The number of carbonyl (C=O) groups is 8. The van der Waals surface area contributed by atoms with Gasteiger partial charge in [0.25, 0.3) is 0 Å². The van der Waals surface area contributed by atoms with E-state index in [1.807, 2.05) is 13.8 Å². The molecule has 18 unspecified atom stereocenters. The topological polar surface area (TPSA) is 651 Å². The van der Waals surface area contributed by atoms with Crippen LogP contribution in [0.2, 0.25) is 0 Å². The Bertz CT molecular complexity index is 3630. The number of carboxylic acids is 2. The number of carboxylic acid groups (broad SMARTS) is 2. The molecule has 8 aliphatic rings. The van der Waals surface area contributed by atoms with E-state index in [4.69, 9.17) is 71.1 Å². The first kappa shape index (κ1) is 108. The summed E-state index contributed by atoms with van der Waals surface area (Å²) >= 11 is 0. The molecule has 8 fully saturated rings. The molecule has 47 heteroatoms. The first-order valence-electron chi connectivity index (χ1n) is 46.8. The van der Waals surface area contributed by atoms with Crippen molar-refractivity contribution in [3.8, 4) is 0 Å². The molecule has 4 aliphatic carbocycles.